The first-order valence-electron chi connectivity index (χ1n) is 20.3. The average molecular weight is 789 g/mol. The molecule has 0 bridgehead atoms. The molecular formula is C44H52N8O6. The largest absolute Gasteiger partial charge is 0.453 e. The van der Waals surface area contributed by atoms with Gasteiger partial charge in [-0.1, -0.05) is 58.0 Å². The van der Waals surface area contributed by atoms with E-state index in [0.717, 1.165) is 87.9 Å². The Morgan fingerprint density at radius 2 is 1.47 bits per heavy atom. The lowest BCUT2D eigenvalue weighted by atomic mass is 9.99. The first-order valence-corrected chi connectivity index (χ1v) is 20.3. The van der Waals surface area contributed by atoms with Gasteiger partial charge in [-0.05, 0) is 95.5 Å². The molecule has 1 saturated heterocycles. The van der Waals surface area contributed by atoms with Crippen LogP contribution in [-0.2, 0) is 25.5 Å². The fraction of sp³-hybridized carbons (Fsp3) is 0.455. The Balaban J connectivity index is 0.905. The monoisotopic (exact) mass is 788 g/mol. The number of imidazole rings is 2. The number of carbonyl (C=O) groups is 4. The molecular weight excluding hydrogens is 737 g/mol. The van der Waals surface area contributed by atoms with Gasteiger partial charge >= 0.3 is 12.2 Å². The van der Waals surface area contributed by atoms with Gasteiger partial charge in [-0.15, -0.1) is 0 Å². The lowest BCUT2D eigenvalue weighted by Gasteiger charge is -2.31. The molecule has 3 fully saturated rings. The number of hydrogen-bond acceptors (Lipinski definition) is 8. The van der Waals surface area contributed by atoms with Gasteiger partial charge in [0.25, 0.3) is 0 Å². The number of rotatable bonds is 13. The summed E-state index contributed by atoms with van der Waals surface area (Å²) in [5.74, 6) is 2.06. The Morgan fingerprint density at radius 3 is 2.17 bits per heavy atom. The summed E-state index contributed by atoms with van der Waals surface area (Å²) in [6.45, 7) is 7.63. The Bertz CT molecular complexity index is 2370. The molecule has 8 rings (SSSR count). The number of aryl methyl sites for hydroxylation is 1. The molecule has 14 nitrogen and oxygen atoms in total. The summed E-state index contributed by atoms with van der Waals surface area (Å²) in [5.41, 5.74) is 5.98. The molecule has 5 aromatic rings. The highest BCUT2D eigenvalue weighted by atomic mass is 16.5. The van der Waals surface area contributed by atoms with Crippen molar-refractivity contribution in [2.45, 2.75) is 90.0 Å². The highest BCUT2D eigenvalue weighted by Crippen LogP contribution is 2.53. The van der Waals surface area contributed by atoms with Crippen LogP contribution in [0.15, 0.2) is 60.8 Å². The number of carbonyl (C=O) groups excluding carboxylic acids is 4. The smallest absolute Gasteiger partial charge is 0.407 e. The van der Waals surface area contributed by atoms with Gasteiger partial charge in [0, 0.05) is 24.1 Å². The van der Waals surface area contributed by atoms with E-state index in [1.165, 1.54) is 14.2 Å². The third-order valence-corrected chi connectivity index (χ3v) is 12.1. The highest BCUT2D eigenvalue weighted by molar-refractivity contribution is 5.92. The second-order valence-corrected chi connectivity index (χ2v) is 16.8. The van der Waals surface area contributed by atoms with Crippen LogP contribution in [0.2, 0.25) is 0 Å². The predicted octanol–water partition coefficient (Wildman–Crippen LogP) is 6.63. The number of nitrogens with zero attached hydrogens (tertiary/aromatic N) is 3. The number of fused-ring (bicyclic) bond motifs is 3. The van der Waals surface area contributed by atoms with Gasteiger partial charge in [0.05, 0.1) is 43.2 Å². The zero-order valence-corrected chi connectivity index (χ0v) is 33.8. The lowest BCUT2D eigenvalue weighted by molar-refractivity contribution is -0.136. The zero-order chi connectivity index (χ0) is 40.8. The van der Waals surface area contributed by atoms with Crippen molar-refractivity contribution in [3.05, 3.63) is 72.4 Å². The van der Waals surface area contributed by atoms with Gasteiger partial charge in [0.1, 0.15) is 23.7 Å². The average Bonchev–Trinajstić information content (AvgIpc) is 3.94. The number of benzene rings is 3. The molecule has 4 amide bonds. The summed E-state index contributed by atoms with van der Waals surface area (Å²) in [5, 5.41) is 10.7. The molecule has 2 saturated carbocycles. The van der Waals surface area contributed by atoms with E-state index in [1.54, 1.807) is 0 Å². The van der Waals surface area contributed by atoms with Crippen molar-refractivity contribution in [1.82, 2.24) is 40.8 Å². The normalized spacial score (nSPS) is 21.8. The fourth-order valence-corrected chi connectivity index (χ4v) is 8.54. The Morgan fingerprint density at radius 1 is 0.810 bits per heavy atom. The topological polar surface area (TPSA) is 183 Å². The zero-order valence-electron chi connectivity index (χ0n) is 33.8. The lowest BCUT2D eigenvalue weighted by Crippen LogP contribution is -2.52. The Hall–Kier alpha value is -5.92. The minimum Gasteiger partial charge on any atom is -0.453 e. The molecule has 0 spiro atoms. The van der Waals surface area contributed by atoms with E-state index in [9.17, 15) is 19.2 Å². The number of aromatic amines is 2. The number of methoxy groups -OCH3 is 2. The number of H-pyrrole nitrogens is 2. The molecule has 3 aromatic carbocycles. The van der Waals surface area contributed by atoms with Crippen molar-refractivity contribution in [3.63, 3.8) is 0 Å². The first kappa shape index (κ1) is 38.9. The number of nitrogens with one attached hydrogen (secondary N) is 5. The van der Waals surface area contributed by atoms with E-state index in [1.807, 2.05) is 38.8 Å². The first-order chi connectivity index (χ1) is 27.9. The molecule has 7 unspecified atom stereocenters. The van der Waals surface area contributed by atoms with Crippen molar-refractivity contribution in [3.8, 4) is 22.4 Å². The Labute approximate surface area is 337 Å². The van der Waals surface area contributed by atoms with Crippen molar-refractivity contribution in [2.75, 3.05) is 14.2 Å². The maximum atomic E-state index is 13.8. The molecule has 58 heavy (non-hydrogen) atoms. The number of aromatic nitrogens is 4. The molecule has 304 valence electrons. The maximum absolute atomic E-state index is 13.8. The van der Waals surface area contributed by atoms with E-state index in [-0.39, 0.29) is 41.8 Å². The molecule has 5 N–H and O–H groups in total. The summed E-state index contributed by atoms with van der Waals surface area (Å²) < 4.78 is 9.48. The summed E-state index contributed by atoms with van der Waals surface area (Å²) in [7, 11) is 2.59. The number of amides is 4. The summed E-state index contributed by atoms with van der Waals surface area (Å²) in [4.78, 5) is 69.0. The summed E-state index contributed by atoms with van der Waals surface area (Å²) in [6.07, 6.45) is 5.03. The molecule has 14 heteroatoms. The van der Waals surface area contributed by atoms with Crippen LogP contribution in [-0.4, -0.2) is 87.2 Å². The maximum Gasteiger partial charge on any atom is 0.407 e. The second-order valence-electron chi connectivity index (χ2n) is 16.8. The van der Waals surface area contributed by atoms with Gasteiger partial charge in [0.15, 0.2) is 0 Å². The SMILES string of the molecule is COC(=O)NC(C(=O)NC1CC1CCc1nc2ccc(-c3ccc4cc(-c5cnc(C6CC7CC7N6C(=O)C(NC(=O)OC)C(C)C)[nH]5)ccc4c3)cc2[nH]1)C(C)C. The molecule has 1 aliphatic heterocycles. The summed E-state index contributed by atoms with van der Waals surface area (Å²) >= 11 is 0. The minimum absolute atomic E-state index is 0.0637. The van der Waals surface area contributed by atoms with Crippen molar-refractivity contribution < 1.29 is 28.7 Å². The number of hydrogen-bond donors (Lipinski definition) is 5. The molecule has 3 aliphatic rings. The molecule has 2 aromatic heterocycles. The van der Waals surface area contributed by atoms with Gasteiger partial charge < -0.3 is 40.3 Å². The van der Waals surface area contributed by atoms with E-state index in [4.69, 9.17) is 14.7 Å². The molecule has 3 heterocycles. The number of alkyl carbamates (subject to hydrolysis) is 2. The number of ether oxygens (including phenoxy) is 2. The minimum atomic E-state index is -0.675. The molecule has 7 atom stereocenters. The van der Waals surface area contributed by atoms with Crippen LogP contribution in [0, 0.1) is 23.7 Å². The fourth-order valence-electron chi connectivity index (χ4n) is 8.54. The summed E-state index contributed by atoms with van der Waals surface area (Å²) in [6, 6.07) is 17.9. The van der Waals surface area contributed by atoms with Crippen LogP contribution in [0.1, 0.15) is 71.1 Å². The Kier molecular flexibility index (Phi) is 10.6. The van der Waals surface area contributed by atoms with Gasteiger partial charge in [-0.3, -0.25) is 9.59 Å². The van der Waals surface area contributed by atoms with Crippen LogP contribution in [0.3, 0.4) is 0 Å². The van der Waals surface area contributed by atoms with E-state index in [2.05, 4.69) is 85.3 Å². The number of piperidine rings is 1. The quantitative estimate of drug-likeness (QED) is 0.0881. The predicted molar refractivity (Wildman–Crippen MR) is 219 cm³/mol. The standard InChI is InChI=1S/C44H52N8O6/c1-22(2)38(50-43(55)57-5)41(53)49-32-18-29(32)12-14-37-46-31-13-11-27(17-33(31)47-37)25-7-8-26-16-28(10-9-24(26)15-25)34-21-45-40(48-34)36-20-30-19-35(30)52(36)42(54)39(23(3)4)51-44(56)58-6/h7-11,13,15-17,21-23,29-30,32,35-36,38-39H,12,14,18-20H2,1-6H3,(H,45,48)(H,46,47)(H,49,53)(H,50,55)(H,51,56). The number of likely N-dealkylation sites (tertiary alicyclic amines) is 1. The van der Waals surface area contributed by atoms with Crippen LogP contribution < -0.4 is 16.0 Å². The van der Waals surface area contributed by atoms with Crippen LogP contribution >= 0.6 is 0 Å². The van der Waals surface area contributed by atoms with Crippen LogP contribution in [0.25, 0.3) is 44.2 Å². The second kappa shape index (κ2) is 15.8. The van der Waals surface area contributed by atoms with Gasteiger partial charge in [0.2, 0.25) is 11.8 Å². The van der Waals surface area contributed by atoms with E-state index in [0.29, 0.717) is 11.8 Å². The third-order valence-electron chi connectivity index (χ3n) is 12.1. The van der Waals surface area contributed by atoms with Gasteiger partial charge in [-0.25, -0.2) is 19.6 Å². The van der Waals surface area contributed by atoms with Crippen LogP contribution in [0.5, 0.6) is 0 Å². The van der Waals surface area contributed by atoms with Crippen molar-refractivity contribution in [1.29, 1.82) is 0 Å². The van der Waals surface area contributed by atoms with Gasteiger partial charge in [-0.2, -0.15) is 0 Å². The molecule has 0 radical (unpaired) electrons. The van der Waals surface area contributed by atoms with E-state index < -0.39 is 24.3 Å². The third kappa shape index (κ3) is 7.96. The van der Waals surface area contributed by atoms with E-state index >= 15 is 0 Å². The highest BCUT2D eigenvalue weighted by Gasteiger charge is 2.56. The molecule has 2 aliphatic carbocycles. The van der Waals surface area contributed by atoms with Crippen LogP contribution in [0.4, 0.5) is 9.59 Å². The van der Waals surface area contributed by atoms with Crippen molar-refractivity contribution in [2.24, 2.45) is 23.7 Å². The van der Waals surface area contributed by atoms with Crippen molar-refractivity contribution >= 4 is 45.8 Å².